The monoisotopic (exact) mass is 447 g/mol. The molecule has 170 valence electrons. The Morgan fingerprint density at radius 3 is 2.58 bits per heavy atom. The minimum Gasteiger partial charge on any atom is -0.389 e. The summed E-state index contributed by atoms with van der Waals surface area (Å²) in [5.41, 5.74) is 2.88. The molecule has 2 heterocycles. The van der Waals surface area contributed by atoms with Crippen LogP contribution in [-0.2, 0) is 6.54 Å². The van der Waals surface area contributed by atoms with Gasteiger partial charge in [-0.2, -0.15) is 0 Å². The number of aromatic nitrogens is 1. The van der Waals surface area contributed by atoms with Crippen molar-refractivity contribution in [3.8, 4) is 11.1 Å². The van der Waals surface area contributed by atoms with Crippen LogP contribution in [-0.4, -0.2) is 21.7 Å². The summed E-state index contributed by atoms with van der Waals surface area (Å²) in [5.74, 6) is -1.31. The van der Waals surface area contributed by atoms with Crippen LogP contribution in [0.25, 0.3) is 22.0 Å². The maximum atomic E-state index is 16.2. The van der Waals surface area contributed by atoms with Gasteiger partial charge < -0.3 is 20.7 Å². The fourth-order valence-electron chi connectivity index (χ4n) is 4.82. The lowest BCUT2D eigenvalue weighted by atomic mass is 9.80. The Morgan fingerprint density at radius 1 is 1.06 bits per heavy atom. The molecule has 0 amide bonds. The number of aryl methyl sites for hydroxylation is 1. The van der Waals surface area contributed by atoms with Crippen LogP contribution in [0, 0.1) is 18.6 Å². The number of hydrogen-bond acceptors (Lipinski definition) is 3. The molecule has 4 nitrogen and oxygen atoms in total. The van der Waals surface area contributed by atoms with Gasteiger partial charge in [0, 0.05) is 34.9 Å². The maximum Gasteiger partial charge on any atom is 0.140 e. The highest BCUT2D eigenvalue weighted by atomic mass is 19.1. The number of aromatic amines is 1. The van der Waals surface area contributed by atoms with Gasteiger partial charge in [0.2, 0.25) is 0 Å². The zero-order chi connectivity index (χ0) is 23.3. The molecule has 5 rings (SSSR count). The molecule has 2 unspecified atom stereocenters. The van der Waals surface area contributed by atoms with E-state index in [4.69, 9.17) is 0 Å². The fourth-order valence-corrected chi connectivity index (χ4v) is 4.82. The van der Waals surface area contributed by atoms with Crippen LogP contribution in [0.1, 0.15) is 36.6 Å². The Hall–Kier alpha value is -3.22. The van der Waals surface area contributed by atoms with Crippen LogP contribution in [0.15, 0.2) is 60.8 Å². The van der Waals surface area contributed by atoms with Crippen molar-refractivity contribution in [1.29, 1.82) is 0 Å². The second-order valence-electron chi connectivity index (χ2n) is 9.34. The lowest BCUT2D eigenvalue weighted by Gasteiger charge is -2.44. The largest absolute Gasteiger partial charge is 0.389 e. The Kier molecular flexibility index (Phi) is 5.22. The molecule has 6 heteroatoms. The first-order valence-corrected chi connectivity index (χ1v) is 11.1. The van der Waals surface area contributed by atoms with E-state index in [0.29, 0.717) is 23.3 Å². The fraction of sp³-hybridized carbons (Fsp3) is 0.259. The van der Waals surface area contributed by atoms with Crippen molar-refractivity contribution in [2.24, 2.45) is 0 Å². The lowest BCUT2D eigenvalue weighted by molar-refractivity contribution is 0.0663. The first-order valence-electron chi connectivity index (χ1n) is 11.1. The number of anilines is 1. The molecule has 0 saturated heterocycles. The number of aliphatic hydroxyl groups excluding tert-OH is 1. The van der Waals surface area contributed by atoms with Gasteiger partial charge in [-0.3, -0.25) is 0 Å². The number of hydrogen-bond donors (Lipinski definition) is 4. The van der Waals surface area contributed by atoms with Crippen molar-refractivity contribution in [2.75, 3.05) is 5.32 Å². The third kappa shape index (κ3) is 3.59. The molecule has 33 heavy (non-hydrogen) atoms. The van der Waals surface area contributed by atoms with Crippen molar-refractivity contribution < 1.29 is 13.9 Å². The van der Waals surface area contributed by atoms with E-state index in [2.05, 4.69) is 15.6 Å². The molecule has 0 aliphatic carbocycles. The highest BCUT2D eigenvalue weighted by Crippen LogP contribution is 2.44. The SMILES string of the molecule is Cc1c[nH]c2c(-c3c(F)cc4c(c3F)C(NCc3ccccc3)C(O)C(C)(C)N4)cccc12. The zero-order valence-corrected chi connectivity index (χ0v) is 18.8. The van der Waals surface area contributed by atoms with Crippen LogP contribution >= 0.6 is 0 Å². The minimum atomic E-state index is -0.940. The van der Waals surface area contributed by atoms with Gasteiger partial charge in [-0.05, 0) is 38.0 Å². The normalized spacial score (nSPS) is 19.3. The summed E-state index contributed by atoms with van der Waals surface area (Å²) in [6.07, 6.45) is 0.894. The van der Waals surface area contributed by atoms with Gasteiger partial charge in [0.1, 0.15) is 11.6 Å². The third-order valence-corrected chi connectivity index (χ3v) is 6.64. The lowest BCUT2D eigenvalue weighted by Crippen LogP contribution is -2.54. The van der Waals surface area contributed by atoms with Crippen molar-refractivity contribution in [3.63, 3.8) is 0 Å². The molecule has 2 atom stereocenters. The predicted molar refractivity (Wildman–Crippen MR) is 128 cm³/mol. The van der Waals surface area contributed by atoms with Gasteiger partial charge in [0.15, 0.2) is 0 Å². The summed E-state index contributed by atoms with van der Waals surface area (Å²) in [6, 6.07) is 15.8. The highest BCUT2D eigenvalue weighted by Gasteiger charge is 2.43. The summed E-state index contributed by atoms with van der Waals surface area (Å²) in [6.45, 7) is 6.04. The second kappa shape index (κ2) is 7.97. The van der Waals surface area contributed by atoms with Crippen molar-refractivity contribution >= 4 is 16.6 Å². The second-order valence-corrected chi connectivity index (χ2v) is 9.34. The van der Waals surface area contributed by atoms with E-state index in [9.17, 15) is 5.11 Å². The highest BCUT2D eigenvalue weighted by molar-refractivity contribution is 5.96. The summed E-state index contributed by atoms with van der Waals surface area (Å²) >= 11 is 0. The molecule has 4 N–H and O–H groups in total. The van der Waals surface area contributed by atoms with E-state index >= 15 is 8.78 Å². The van der Waals surface area contributed by atoms with E-state index in [1.54, 1.807) is 12.1 Å². The average Bonchev–Trinajstić information content (AvgIpc) is 3.16. The van der Waals surface area contributed by atoms with Gasteiger partial charge >= 0.3 is 0 Å². The molecule has 4 aromatic rings. The molecular formula is C27H27F2N3O. The molecule has 1 aliphatic rings. The van der Waals surface area contributed by atoms with Gasteiger partial charge in [0.05, 0.1) is 28.8 Å². The van der Waals surface area contributed by atoms with Gasteiger partial charge in [0.25, 0.3) is 0 Å². The van der Waals surface area contributed by atoms with Gasteiger partial charge in [-0.25, -0.2) is 8.78 Å². The molecule has 1 aromatic heterocycles. The number of H-pyrrole nitrogens is 1. The Labute approximate surface area is 191 Å². The number of rotatable bonds is 4. The summed E-state index contributed by atoms with van der Waals surface area (Å²) in [4.78, 5) is 3.16. The van der Waals surface area contributed by atoms with E-state index in [1.807, 2.05) is 63.4 Å². The van der Waals surface area contributed by atoms with Crippen LogP contribution in [0.5, 0.6) is 0 Å². The molecule has 0 bridgehead atoms. The number of fused-ring (bicyclic) bond motifs is 2. The first-order chi connectivity index (χ1) is 15.8. The summed E-state index contributed by atoms with van der Waals surface area (Å²) in [7, 11) is 0. The van der Waals surface area contributed by atoms with Gasteiger partial charge in [-0.15, -0.1) is 0 Å². The molecule has 3 aromatic carbocycles. The maximum absolute atomic E-state index is 16.2. The number of para-hydroxylation sites is 1. The number of aliphatic hydroxyl groups is 1. The molecule has 0 spiro atoms. The predicted octanol–water partition coefficient (Wildman–Crippen LogP) is 5.82. The number of nitrogens with one attached hydrogen (secondary N) is 3. The number of halogens is 2. The van der Waals surface area contributed by atoms with Crippen molar-refractivity contribution in [3.05, 3.63) is 89.1 Å². The molecular weight excluding hydrogens is 420 g/mol. The molecule has 0 fully saturated rings. The van der Waals surface area contributed by atoms with Crippen LogP contribution < -0.4 is 10.6 Å². The van der Waals surface area contributed by atoms with E-state index in [0.717, 1.165) is 16.5 Å². The molecule has 0 radical (unpaired) electrons. The third-order valence-electron chi connectivity index (χ3n) is 6.64. The van der Waals surface area contributed by atoms with E-state index < -0.39 is 29.3 Å². The topological polar surface area (TPSA) is 60.1 Å². The van der Waals surface area contributed by atoms with Gasteiger partial charge in [-0.1, -0.05) is 48.5 Å². The van der Waals surface area contributed by atoms with Crippen molar-refractivity contribution in [2.45, 2.75) is 45.0 Å². The Bertz CT molecular complexity index is 1330. The quantitative estimate of drug-likeness (QED) is 0.319. The summed E-state index contributed by atoms with van der Waals surface area (Å²) in [5, 5.41) is 18.5. The van der Waals surface area contributed by atoms with Crippen LogP contribution in [0.2, 0.25) is 0 Å². The summed E-state index contributed by atoms with van der Waals surface area (Å²) < 4.78 is 31.6. The van der Waals surface area contributed by atoms with Crippen LogP contribution in [0.3, 0.4) is 0 Å². The Balaban J connectivity index is 1.66. The number of benzene rings is 3. The Morgan fingerprint density at radius 2 is 1.82 bits per heavy atom. The van der Waals surface area contributed by atoms with Crippen molar-refractivity contribution in [1.82, 2.24) is 10.3 Å². The molecule has 0 saturated carbocycles. The van der Waals surface area contributed by atoms with Crippen LogP contribution in [0.4, 0.5) is 14.5 Å². The van der Waals surface area contributed by atoms with E-state index in [1.165, 1.54) is 6.07 Å². The zero-order valence-electron chi connectivity index (χ0n) is 18.8. The average molecular weight is 448 g/mol. The van der Waals surface area contributed by atoms with E-state index in [-0.39, 0.29) is 11.1 Å². The smallest absolute Gasteiger partial charge is 0.140 e. The standard InChI is InChI=1S/C27H27F2N3O/c1-15-13-30-24-17(15)10-7-11-18(24)21-19(28)12-20-22(23(21)29)25(26(33)27(2,3)32-20)31-14-16-8-5-4-6-9-16/h4-13,25-26,30-33H,14H2,1-3H3. The minimum absolute atomic E-state index is 0.0959. The molecule has 1 aliphatic heterocycles. The first kappa shape index (κ1) is 21.6.